The van der Waals surface area contributed by atoms with E-state index in [-0.39, 0.29) is 6.42 Å². The molecule has 0 aliphatic rings. The average molecular weight is 277 g/mol. The molecule has 1 N–H and O–H groups in total. The highest BCUT2D eigenvalue weighted by atomic mass is 19.4. The lowest BCUT2D eigenvalue weighted by molar-refractivity contribution is -0.135. The maximum Gasteiger partial charge on any atom is 0.389 e. The van der Waals surface area contributed by atoms with Crippen molar-refractivity contribution in [3.63, 3.8) is 0 Å². The van der Waals surface area contributed by atoms with Gasteiger partial charge in [0.1, 0.15) is 0 Å². The second-order valence-corrected chi connectivity index (χ2v) is 4.05. The fourth-order valence-corrected chi connectivity index (χ4v) is 1.73. The van der Waals surface area contributed by atoms with Gasteiger partial charge in [0.15, 0.2) is 11.5 Å². The summed E-state index contributed by atoms with van der Waals surface area (Å²) < 4.78 is 46.3. The van der Waals surface area contributed by atoms with Crippen LogP contribution in [0.15, 0.2) is 18.2 Å². The zero-order valence-electron chi connectivity index (χ0n) is 11.0. The maximum atomic E-state index is 12.0. The summed E-state index contributed by atoms with van der Waals surface area (Å²) in [7, 11) is 3.07. The van der Waals surface area contributed by atoms with Crippen molar-refractivity contribution in [1.82, 2.24) is 5.32 Å². The van der Waals surface area contributed by atoms with E-state index in [2.05, 4.69) is 5.32 Å². The standard InChI is InChI=1S/C13H18F3NO2/c1-18-11-6-3-5-10(12(11)19-2)9-17-8-4-7-13(14,15)16/h3,5-6,17H,4,7-9H2,1-2H3. The fourth-order valence-electron chi connectivity index (χ4n) is 1.73. The van der Waals surface area contributed by atoms with Gasteiger partial charge in [0.2, 0.25) is 0 Å². The molecule has 0 fully saturated rings. The molecule has 0 unspecified atom stereocenters. The molecule has 0 bridgehead atoms. The minimum Gasteiger partial charge on any atom is -0.493 e. The fraction of sp³-hybridized carbons (Fsp3) is 0.538. The van der Waals surface area contributed by atoms with Crippen molar-refractivity contribution in [2.45, 2.75) is 25.6 Å². The molecule has 0 saturated carbocycles. The summed E-state index contributed by atoms with van der Waals surface area (Å²) in [6, 6.07) is 5.43. The number of hydrogen-bond acceptors (Lipinski definition) is 3. The molecule has 0 atom stereocenters. The predicted octanol–water partition coefficient (Wildman–Crippen LogP) is 3.14. The average Bonchev–Trinajstić information content (AvgIpc) is 2.36. The lowest BCUT2D eigenvalue weighted by Gasteiger charge is -2.13. The molecule has 6 heteroatoms. The Bertz CT molecular complexity index is 394. The Kier molecular flexibility index (Phi) is 5.95. The number of para-hydroxylation sites is 1. The van der Waals surface area contributed by atoms with Crippen molar-refractivity contribution in [2.24, 2.45) is 0 Å². The van der Waals surface area contributed by atoms with Gasteiger partial charge in [0, 0.05) is 18.5 Å². The summed E-state index contributed by atoms with van der Waals surface area (Å²) in [6.07, 6.45) is -4.79. The van der Waals surface area contributed by atoms with Crippen molar-refractivity contribution in [1.29, 1.82) is 0 Å². The van der Waals surface area contributed by atoms with E-state index in [0.717, 1.165) is 5.56 Å². The molecule has 1 aromatic rings. The Morgan fingerprint density at radius 1 is 1.16 bits per heavy atom. The van der Waals surface area contributed by atoms with Crippen LogP contribution in [0.25, 0.3) is 0 Å². The van der Waals surface area contributed by atoms with Gasteiger partial charge in [0.25, 0.3) is 0 Å². The van der Waals surface area contributed by atoms with E-state index in [1.54, 1.807) is 13.2 Å². The zero-order valence-corrected chi connectivity index (χ0v) is 11.0. The summed E-state index contributed by atoms with van der Waals surface area (Å²) in [5.41, 5.74) is 0.855. The molecule has 0 aliphatic heterocycles. The second kappa shape index (κ2) is 7.23. The first-order chi connectivity index (χ1) is 8.98. The molecule has 0 saturated heterocycles. The van der Waals surface area contributed by atoms with E-state index < -0.39 is 12.6 Å². The minimum absolute atomic E-state index is 0.0653. The van der Waals surface area contributed by atoms with Crippen molar-refractivity contribution >= 4 is 0 Å². The summed E-state index contributed by atoms with van der Waals surface area (Å²) in [5, 5.41) is 2.96. The number of halogens is 3. The van der Waals surface area contributed by atoms with Crippen LogP contribution in [0.5, 0.6) is 11.5 Å². The number of nitrogens with one attached hydrogen (secondary N) is 1. The van der Waals surface area contributed by atoms with Crippen molar-refractivity contribution in [3.8, 4) is 11.5 Å². The van der Waals surface area contributed by atoms with Gasteiger partial charge in [-0.05, 0) is 19.0 Å². The molecule has 0 radical (unpaired) electrons. The number of hydrogen-bond donors (Lipinski definition) is 1. The molecule has 0 amide bonds. The molecule has 3 nitrogen and oxygen atoms in total. The third-order valence-corrected chi connectivity index (χ3v) is 2.61. The van der Waals surface area contributed by atoms with Crippen molar-refractivity contribution in [2.75, 3.05) is 20.8 Å². The highest BCUT2D eigenvalue weighted by Crippen LogP contribution is 2.30. The van der Waals surface area contributed by atoms with Gasteiger partial charge in [-0.2, -0.15) is 13.2 Å². The van der Waals surface area contributed by atoms with Crippen LogP contribution in [0.4, 0.5) is 13.2 Å². The quantitative estimate of drug-likeness (QED) is 0.777. The molecule has 19 heavy (non-hydrogen) atoms. The van der Waals surface area contributed by atoms with E-state index in [4.69, 9.17) is 9.47 Å². The van der Waals surface area contributed by atoms with Crippen LogP contribution in [0.1, 0.15) is 18.4 Å². The number of methoxy groups -OCH3 is 2. The highest BCUT2D eigenvalue weighted by molar-refractivity contribution is 5.46. The number of ether oxygens (including phenoxy) is 2. The third-order valence-electron chi connectivity index (χ3n) is 2.61. The van der Waals surface area contributed by atoms with E-state index in [9.17, 15) is 13.2 Å². The Morgan fingerprint density at radius 3 is 2.47 bits per heavy atom. The van der Waals surface area contributed by atoms with Crippen LogP contribution >= 0.6 is 0 Å². The maximum absolute atomic E-state index is 12.0. The van der Waals surface area contributed by atoms with Gasteiger partial charge >= 0.3 is 6.18 Å². The Morgan fingerprint density at radius 2 is 1.89 bits per heavy atom. The monoisotopic (exact) mass is 277 g/mol. The molecule has 0 aromatic heterocycles. The largest absolute Gasteiger partial charge is 0.493 e. The van der Waals surface area contributed by atoms with E-state index in [1.807, 2.05) is 12.1 Å². The van der Waals surface area contributed by atoms with Gasteiger partial charge in [0.05, 0.1) is 14.2 Å². The Hall–Kier alpha value is -1.43. The highest BCUT2D eigenvalue weighted by Gasteiger charge is 2.25. The van der Waals surface area contributed by atoms with Crippen LogP contribution in [0.3, 0.4) is 0 Å². The first kappa shape index (κ1) is 15.6. The first-order valence-electron chi connectivity index (χ1n) is 5.95. The summed E-state index contributed by atoms with van der Waals surface area (Å²) >= 11 is 0. The van der Waals surface area contributed by atoms with Gasteiger partial charge in [-0.3, -0.25) is 0 Å². The Labute approximate surface area is 110 Å². The molecule has 1 aromatic carbocycles. The lowest BCUT2D eigenvalue weighted by atomic mass is 10.2. The predicted molar refractivity (Wildman–Crippen MR) is 66.5 cm³/mol. The smallest absolute Gasteiger partial charge is 0.389 e. The van der Waals surface area contributed by atoms with Gasteiger partial charge < -0.3 is 14.8 Å². The summed E-state index contributed by atoms with van der Waals surface area (Å²) in [4.78, 5) is 0. The van der Waals surface area contributed by atoms with Gasteiger partial charge in [-0.25, -0.2) is 0 Å². The summed E-state index contributed by atoms with van der Waals surface area (Å²) in [5.74, 6) is 1.21. The van der Waals surface area contributed by atoms with Crippen LogP contribution in [0.2, 0.25) is 0 Å². The zero-order chi connectivity index (χ0) is 14.3. The first-order valence-corrected chi connectivity index (χ1v) is 5.95. The SMILES string of the molecule is COc1cccc(CNCCCC(F)(F)F)c1OC. The molecule has 0 heterocycles. The van der Waals surface area contributed by atoms with Crippen LogP contribution in [-0.4, -0.2) is 26.9 Å². The normalized spacial score (nSPS) is 11.4. The van der Waals surface area contributed by atoms with Crippen LogP contribution in [0, 0.1) is 0 Å². The van der Waals surface area contributed by atoms with Gasteiger partial charge in [-0.1, -0.05) is 12.1 Å². The third kappa shape index (κ3) is 5.38. The molecule has 1 rings (SSSR count). The summed E-state index contributed by atoms with van der Waals surface area (Å²) in [6.45, 7) is 0.748. The van der Waals surface area contributed by atoms with Crippen LogP contribution in [-0.2, 0) is 6.54 Å². The van der Waals surface area contributed by atoms with Crippen LogP contribution < -0.4 is 14.8 Å². The topological polar surface area (TPSA) is 30.5 Å². The molecular weight excluding hydrogens is 259 g/mol. The van der Waals surface area contributed by atoms with E-state index in [1.165, 1.54) is 7.11 Å². The number of alkyl halides is 3. The Balaban J connectivity index is 2.45. The molecule has 108 valence electrons. The van der Waals surface area contributed by atoms with E-state index >= 15 is 0 Å². The van der Waals surface area contributed by atoms with E-state index in [0.29, 0.717) is 24.6 Å². The van der Waals surface area contributed by atoms with Gasteiger partial charge in [-0.15, -0.1) is 0 Å². The number of benzene rings is 1. The molecular formula is C13H18F3NO2. The molecule has 0 spiro atoms. The lowest BCUT2D eigenvalue weighted by Crippen LogP contribution is -2.18. The molecule has 0 aliphatic carbocycles. The minimum atomic E-state index is -4.09. The van der Waals surface area contributed by atoms with Crippen molar-refractivity contribution < 1.29 is 22.6 Å². The van der Waals surface area contributed by atoms with Crippen molar-refractivity contribution in [3.05, 3.63) is 23.8 Å². The number of rotatable bonds is 7. The second-order valence-electron chi connectivity index (χ2n) is 4.05.